The highest BCUT2D eigenvalue weighted by Gasteiger charge is 2.10. The third-order valence-corrected chi connectivity index (χ3v) is 3.59. The molecule has 0 unspecified atom stereocenters. The largest absolute Gasteiger partial charge is 0.495 e. The number of ether oxygens (including phenoxy) is 1. The number of ketones is 1. The Bertz CT molecular complexity index is 853. The summed E-state index contributed by atoms with van der Waals surface area (Å²) in [5.41, 5.74) is 3.06. The number of hydrogen-bond donors (Lipinski definition) is 2. The zero-order valence-electron chi connectivity index (χ0n) is 14.3. The fourth-order valence-electron chi connectivity index (χ4n) is 2.42. The van der Waals surface area contributed by atoms with Gasteiger partial charge in [0.1, 0.15) is 5.75 Å². The van der Waals surface area contributed by atoms with Crippen molar-refractivity contribution < 1.29 is 14.3 Å². The molecular formula is C19H19N3O3. The van der Waals surface area contributed by atoms with Crippen LogP contribution in [0.4, 0.5) is 11.4 Å². The number of benzene rings is 2. The minimum Gasteiger partial charge on any atom is -0.495 e. The van der Waals surface area contributed by atoms with E-state index in [-0.39, 0.29) is 11.7 Å². The molecule has 2 aromatic rings. The maximum Gasteiger partial charge on any atom is 0.221 e. The molecule has 2 aromatic carbocycles. The van der Waals surface area contributed by atoms with E-state index in [0.717, 1.165) is 5.56 Å². The van der Waals surface area contributed by atoms with Gasteiger partial charge in [-0.2, -0.15) is 5.26 Å². The van der Waals surface area contributed by atoms with Crippen molar-refractivity contribution >= 4 is 23.1 Å². The Hall–Kier alpha value is -3.33. The molecule has 0 fully saturated rings. The normalized spacial score (nSPS) is 9.84. The van der Waals surface area contributed by atoms with Gasteiger partial charge < -0.3 is 15.4 Å². The van der Waals surface area contributed by atoms with Crippen LogP contribution >= 0.6 is 0 Å². The van der Waals surface area contributed by atoms with Gasteiger partial charge in [0.05, 0.1) is 24.4 Å². The molecule has 0 aromatic heterocycles. The molecule has 0 bridgehead atoms. The minimum atomic E-state index is -0.191. The van der Waals surface area contributed by atoms with Crippen molar-refractivity contribution in [1.82, 2.24) is 0 Å². The van der Waals surface area contributed by atoms with E-state index >= 15 is 0 Å². The van der Waals surface area contributed by atoms with Gasteiger partial charge in [0.25, 0.3) is 0 Å². The highest BCUT2D eigenvalue weighted by molar-refractivity contribution is 5.99. The second kappa shape index (κ2) is 7.97. The maximum atomic E-state index is 11.7. The molecule has 128 valence electrons. The molecule has 2 N–H and O–H groups in total. The molecule has 0 atom stereocenters. The van der Waals surface area contributed by atoms with Crippen LogP contribution in [0.15, 0.2) is 36.4 Å². The number of nitrogens with zero attached hydrogens (tertiary/aromatic N) is 1. The first-order chi connectivity index (χ1) is 11.9. The average molecular weight is 337 g/mol. The van der Waals surface area contributed by atoms with Crippen molar-refractivity contribution in [3.8, 4) is 11.8 Å². The Morgan fingerprint density at radius 2 is 1.88 bits per heavy atom. The maximum absolute atomic E-state index is 11.7. The van der Waals surface area contributed by atoms with E-state index in [9.17, 15) is 9.59 Å². The third kappa shape index (κ3) is 4.58. The summed E-state index contributed by atoms with van der Waals surface area (Å²) in [5, 5.41) is 14.9. The molecule has 0 radical (unpaired) electrons. The predicted octanol–water partition coefficient (Wildman–Crippen LogP) is 3.34. The molecule has 0 aliphatic rings. The van der Waals surface area contributed by atoms with Crippen molar-refractivity contribution in [2.45, 2.75) is 20.4 Å². The quantitative estimate of drug-likeness (QED) is 0.789. The molecule has 0 aliphatic carbocycles. The molecule has 0 heterocycles. The zero-order valence-corrected chi connectivity index (χ0v) is 14.3. The highest BCUT2D eigenvalue weighted by Crippen LogP contribution is 2.26. The first kappa shape index (κ1) is 18.0. The first-order valence-electron chi connectivity index (χ1n) is 7.68. The second-order valence-corrected chi connectivity index (χ2v) is 5.50. The Labute approximate surface area is 146 Å². The Kier molecular flexibility index (Phi) is 5.75. The van der Waals surface area contributed by atoms with E-state index in [1.165, 1.54) is 21.0 Å². The van der Waals surface area contributed by atoms with Crippen LogP contribution in [0.2, 0.25) is 0 Å². The summed E-state index contributed by atoms with van der Waals surface area (Å²) in [6, 6.07) is 12.4. The molecule has 2 rings (SSSR count). The number of nitrogens with one attached hydrogen (secondary N) is 2. The van der Waals surface area contributed by atoms with Gasteiger partial charge in [0.2, 0.25) is 5.91 Å². The highest BCUT2D eigenvalue weighted by atomic mass is 16.5. The summed E-state index contributed by atoms with van der Waals surface area (Å²) >= 11 is 0. The first-order valence-corrected chi connectivity index (χ1v) is 7.68. The summed E-state index contributed by atoms with van der Waals surface area (Å²) in [5.74, 6) is 0.291. The van der Waals surface area contributed by atoms with Crippen molar-refractivity contribution in [3.63, 3.8) is 0 Å². The lowest BCUT2D eigenvalue weighted by Crippen LogP contribution is -2.09. The molecule has 6 heteroatoms. The van der Waals surface area contributed by atoms with E-state index in [4.69, 9.17) is 10.00 Å². The number of methoxy groups -OCH3 is 1. The van der Waals surface area contributed by atoms with Gasteiger partial charge in [-0.05, 0) is 42.8 Å². The van der Waals surface area contributed by atoms with Crippen LogP contribution in [0.3, 0.4) is 0 Å². The molecule has 6 nitrogen and oxygen atoms in total. The number of nitriles is 1. The molecule has 0 aliphatic heterocycles. The second-order valence-electron chi connectivity index (χ2n) is 5.50. The van der Waals surface area contributed by atoms with Gasteiger partial charge in [-0.25, -0.2) is 0 Å². The molecular weight excluding hydrogens is 318 g/mol. The van der Waals surface area contributed by atoms with Crippen LogP contribution < -0.4 is 15.4 Å². The third-order valence-electron chi connectivity index (χ3n) is 3.59. The number of anilines is 2. The number of Topliss-reactive ketones (excluding diaryl/α,β-unsaturated/α-hetero) is 1. The summed E-state index contributed by atoms with van der Waals surface area (Å²) in [6.45, 7) is 3.33. The summed E-state index contributed by atoms with van der Waals surface area (Å²) in [6.07, 6.45) is 0. The number of carbonyl (C=O) groups excluding carboxylic acids is 2. The van der Waals surface area contributed by atoms with Crippen LogP contribution in [-0.2, 0) is 11.3 Å². The fourth-order valence-corrected chi connectivity index (χ4v) is 2.42. The molecule has 0 saturated carbocycles. The lowest BCUT2D eigenvalue weighted by molar-refractivity contribution is -0.114. The predicted molar refractivity (Wildman–Crippen MR) is 95.8 cm³/mol. The number of amides is 1. The fraction of sp³-hybridized carbons (Fsp3) is 0.211. The van der Waals surface area contributed by atoms with Crippen molar-refractivity contribution in [2.24, 2.45) is 0 Å². The average Bonchev–Trinajstić information content (AvgIpc) is 2.59. The molecule has 0 spiro atoms. The van der Waals surface area contributed by atoms with Crippen LogP contribution in [-0.4, -0.2) is 18.8 Å². The van der Waals surface area contributed by atoms with E-state index in [0.29, 0.717) is 34.8 Å². The van der Waals surface area contributed by atoms with Gasteiger partial charge in [-0.3, -0.25) is 9.59 Å². The topological polar surface area (TPSA) is 91.2 Å². The number of rotatable bonds is 6. The van der Waals surface area contributed by atoms with Gasteiger partial charge in [-0.1, -0.05) is 6.07 Å². The van der Waals surface area contributed by atoms with Crippen LogP contribution in [0.25, 0.3) is 0 Å². The Morgan fingerprint density at radius 1 is 1.12 bits per heavy atom. The monoisotopic (exact) mass is 337 g/mol. The smallest absolute Gasteiger partial charge is 0.221 e. The minimum absolute atomic E-state index is 0.0827. The van der Waals surface area contributed by atoms with Crippen LogP contribution in [0, 0.1) is 11.3 Å². The lowest BCUT2D eigenvalue weighted by Gasteiger charge is -2.14. The van der Waals surface area contributed by atoms with Gasteiger partial charge in [0, 0.05) is 24.7 Å². The molecule has 1 amide bonds. The summed E-state index contributed by atoms with van der Waals surface area (Å²) < 4.78 is 5.23. The lowest BCUT2D eigenvalue weighted by atomic mass is 10.1. The van der Waals surface area contributed by atoms with E-state index in [2.05, 4.69) is 16.7 Å². The van der Waals surface area contributed by atoms with Gasteiger partial charge >= 0.3 is 0 Å². The van der Waals surface area contributed by atoms with Crippen molar-refractivity contribution in [3.05, 3.63) is 53.1 Å². The number of hydrogen-bond acceptors (Lipinski definition) is 5. The number of carbonyl (C=O) groups is 2. The summed E-state index contributed by atoms with van der Waals surface area (Å²) in [7, 11) is 1.53. The standard InChI is InChI=1S/C19H19N3O3/c1-12(23)16-6-4-14(10-20)8-17(16)21-11-15-5-7-19(25-3)18(9-15)22-13(2)24/h4-9,21H,11H2,1-3H3,(H,22,24). The zero-order chi connectivity index (χ0) is 18.4. The van der Waals surface area contributed by atoms with Crippen molar-refractivity contribution in [1.29, 1.82) is 5.26 Å². The summed E-state index contributed by atoms with van der Waals surface area (Å²) in [4.78, 5) is 23.1. The van der Waals surface area contributed by atoms with E-state index in [1.807, 2.05) is 6.07 Å². The van der Waals surface area contributed by atoms with E-state index in [1.54, 1.807) is 30.3 Å². The molecule has 0 saturated heterocycles. The Morgan fingerprint density at radius 3 is 2.48 bits per heavy atom. The van der Waals surface area contributed by atoms with Gasteiger partial charge in [-0.15, -0.1) is 0 Å². The Balaban J connectivity index is 2.25. The van der Waals surface area contributed by atoms with Crippen LogP contribution in [0.1, 0.15) is 35.3 Å². The van der Waals surface area contributed by atoms with Crippen LogP contribution in [0.5, 0.6) is 5.75 Å². The van der Waals surface area contributed by atoms with Gasteiger partial charge in [0.15, 0.2) is 5.78 Å². The van der Waals surface area contributed by atoms with E-state index < -0.39 is 0 Å². The van der Waals surface area contributed by atoms with Crippen molar-refractivity contribution in [2.75, 3.05) is 17.7 Å². The SMILES string of the molecule is COc1ccc(CNc2cc(C#N)ccc2C(C)=O)cc1NC(C)=O. The molecule has 25 heavy (non-hydrogen) atoms.